The summed E-state index contributed by atoms with van der Waals surface area (Å²) in [5.74, 6) is -5.33. The number of nitrogens with one attached hydrogen (secondary N) is 1. The van der Waals surface area contributed by atoms with E-state index in [9.17, 15) is 27.2 Å². The molecule has 0 bridgehead atoms. The van der Waals surface area contributed by atoms with Gasteiger partial charge in [-0.3, -0.25) is 14.6 Å². The van der Waals surface area contributed by atoms with Gasteiger partial charge in [-0.1, -0.05) is 0 Å². The maximum Gasteiger partial charge on any atom is 0.340 e. The van der Waals surface area contributed by atoms with Crippen molar-refractivity contribution in [1.29, 1.82) is 0 Å². The van der Waals surface area contributed by atoms with Crippen molar-refractivity contribution >= 4 is 11.7 Å². The number of aryl methyl sites for hydroxylation is 2. The van der Waals surface area contributed by atoms with Crippen molar-refractivity contribution in [3.05, 3.63) is 46.4 Å². The number of carbonyl (C=O) groups excluding carboxylic acids is 2. The average molecular weight is 442 g/mol. The molecule has 0 aliphatic heterocycles. The largest absolute Gasteiger partial charge is 0.470 e. The zero-order valence-corrected chi connectivity index (χ0v) is 17.4. The molecule has 0 saturated carbocycles. The van der Waals surface area contributed by atoms with Gasteiger partial charge in [0.2, 0.25) is 5.88 Å². The van der Waals surface area contributed by atoms with Gasteiger partial charge in [0.1, 0.15) is 5.78 Å². The summed E-state index contributed by atoms with van der Waals surface area (Å²) in [4.78, 5) is 28.1. The van der Waals surface area contributed by atoms with Crippen LogP contribution in [0.2, 0.25) is 0 Å². The highest BCUT2D eigenvalue weighted by Gasteiger charge is 2.42. The minimum Gasteiger partial charge on any atom is -0.470 e. The lowest BCUT2D eigenvalue weighted by atomic mass is 10.1. The van der Waals surface area contributed by atoms with Gasteiger partial charge in [0, 0.05) is 23.4 Å². The molecular weight excluding hydrogens is 420 g/mol. The van der Waals surface area contributed by atoms with Gasteiger partial charge < -0.3 is 10.1 Å². The molecule has 11 heteroatoms. The summed E-state index contributed by atoms with van der Waals surface area (Å²) in [5.41, 5.74) is 2.08. The number of amides is 1. The number of nitrogens with zero attached hydrogens (tertiary/aromatic N) is 3. The van der Waals surface area contributed by atoms with Crippen molar-refractivity contribution in [3.63, 3.8) is 0 Å². The number of rotatable bonds is 9. The highest BCUT2D eigenvalue weighted by Crippen LogP contribution is 2.25. The van der Waals surface area contributed by atoms with Crippen LogP contribution in [0.5, 0.6) is 5.88 Å². The quantitative estimate of drug-likeness (QED) is 0.599. The second-order valence-corrected chi connectivity index (χ2v) is 7.18. The number of aromatic nitrogens is 3. The third-order valence-electron chi connectivity index (χ3n) is 4.20. The molecule has 1 atom stereocenters. The van der Waals surface area contributed by atoms with E-state index >= 15 is 0 Å². The molecule has 0 spiro atoms. The molecule has 2 aromatic rings. The number of hydrogen-bond donors (Lipinski definition) is 1. The molecule has 2 aromatic heterocycles. The first-order chi connectivity index (χ1) is 14.4. The van der Waals surface area contributed by atoms with Crippen LogP contribution in [-0.4, -0.2) is 45.8 Å². The monoisotopic (exact) mass is 442 g/mol. The summed E-state index contributed by atoms with van der Waals surface area (Å²) in [6, 6.07) is 4.29. The van der Waals surface area contributed by atoms with Crippen LogP contribution in [0.1, 0.15) is 52.9 Å². The van der Waals surface area contributed by atoms with Crippen molar-refractivity contribution in [1.82, 2.24) is 20.5 Å². The van der Waals surface area contributed by atoms with Gasteiger partial charge in [0.15, 0.2) is 12.3 Å². The number of Topliss-reactive ketones (excluding diaryl/α,β-unsaturated/α-hetero) is 1. The van der Waals surface area contributed by atoms with E-state index in [0.29, 0.717) is 11.4 Å². The highest BCUT2D eigenvalue weighted by molar-refractivity contribution is 5.92. The number of ketones is 1. The molecule has 2 heterocycles. The molecule has 168 valence electrons. The Bertz CT molecular complexity index is 969. The SMILES string of the molecule is CC(=O)Cc1cc(C(C)NC(=O)c2cc(C)c(OCC(F)(F)C(F)F)nn2)cc(C)n1. The maximum atomic E-state index is 13.0. The maximum absolute atomic E-state index is 13.0. The molecular formula is C20H22F4N4O3. The van der Waals surface area contributed by atoms with Crippen LogP contribution in [0, 0.1) is 13.8 Å². The fourth-order valence-corrected chi connectivity index (χ4v) is 2.67. The summed E-state index contributed by atoms with van der Waals surface area (Å²) in [6.45, 7) is 4.82. The third-order valence-corrected chi connectivity index (χ3v) is 4.20. The van der Waals surface area contributed by atoms with E-state index in [2.05, 4.69) is 25.2 Å². The number of ether oxygens (including phenoxy) is 1. The number of alkyl halides is 4. The van der Waals surface area contributed by atoms with Crippen LogP contribution in [0.15, 0.2) is 18.2 Å². The Morgan fingerprint density at radius 3 is 2.42 bits per heavy atom. The second kappa shape index (κ2) is 9.80. The second-order valence-electron chi connectivity index (χ2n) is 7.18. The van der Waals surface area contributed by atoms with Crippen molar-refractivity contribution < 1.29 is 31.9 Å². The predicted octanol–water partition coefficient (Wildman–Crippen LogP) is 3.39. The first-order valence-corrected chi connectivity index (χ1v) is 9.30. The Morgan fingerprint density at radius 1 is 1.16 bits per heavy atom. The average Bonchev–Trinajstić information content (AvgIpc) is 2.65. The predicted molar refractivity (Wildman–Crippen MR) is 102 cm³/mol. The van der Waals surface area contributed by atoms with Crippen LogP contribution in [0.3, 0.4) is 0 Å². The van der Waals surface area contributed by atoms with Crippen LogP contribution < -0.4 is 10.1 Å². The Balaban J connectivity index is 2.09. The number of carbonyl (C=O) groups is 2. The molecule has 31 heavy (non-hydrogen) atoms. The van der Waals surface area contributed by atoms with Crippen molar-refractivity contribution in [2.75, 3.05) is 6.61 Å². The van der Waals surface area contributed by atoms with Crippen LogP contribution in [0.25, 0.3) is 0 Å². The molecule has 0 radical (unpaired) electrons. The van der Waals surface area contributed by atoms with Crippen molar-refractivity contribution in [2.24, 2.45) is 0 Å². The lowest BCUT2D eigenvalue weighted by Gasteiger charge is -2.17. The normalized spacial score (nSPS) is 12.5. The fraction of sp³-hybridized carbons (Fsp3) is 0.450. The molecule has 0 aliphatic carbocycles. The van der Waals surface area contributed by atoms with E-state index in [1.54, 1.807) is 26.0 Å². The van der Waals surface area contributed by atoms with Crippen LogP contribution in [-0.2, 0) is 11.2 Å². The van der Waals surface area contributed by atoms with Gasteiger partial charge in [-0.25, -0.2) is 8.78 Å². The fourth-order valence-electron chi connectivity index (χ4n) is 2.67. The van der Waals surface area contributed by atoms with E-state index in [-0.39, 0.29) is 29.3 Å². The van der Waals surface area contributed by atoms with Crippen molar-refractivity contribution in [2.45, 2.75) is 52.5 Å². The van der Waals surface area contributed by atoms with E-state index in [1.807, 2.05) is 0 Å². The zero-order chi connectivity index (χ0) is 23.3. The summed E-state index contributed by atoms with van der Waals surface area (Å²) in [5, 5.41) is 9.90. The number of hydrogen-bond acceptors (Lipinski definition) is 6. The van der Waals surface area contributed by atoms with E-state index in [0.717, 1.165) is 5.56 Å². The minimum atomic E-state index is -4.33. The van der Waals surface area contributed by atoms with Gasteiger partial charge in [0.25, 0.3) is 5.91 Å². The molecule has 0 fully saturated rings. The molecule has 1 unspecified atom stereocenters. The Kier molecular flexibility index (Phi) is 7.64. The smallest absolute Gasteiger partial charge is 0.340 e. The van der Waals surface area contributed by atoms with Gasteiger partial charge in [0.05, 0.1) is 6.04 Å². The molecule has 2 rings (SSSR count). The molecule has 1 amide bonds. The Morgan fingerprint density at radius 2 is 1.84 bits per heavy atom. The zero-order valence-electron chi connectivity index (χ0n) is 17.4. The summed E-state index contributed by atoms with van der Waals surface area (Å²) in [7, 11) is 0. The van der Waals surface area contributed by atoms with Crippen LogP contribution in [0.4, 0.5) is 17.6 Å². The molecule has 0 aliphatic rings. The molecule has 7 nitrogen and oxygen atoms in total. The van der Waals surface area contributed by atoms with Gasteiger partial charge in [-0.2, -0.15) is 8.78 Å². The summed E-state index contributed by atoms with van der Waals surface area (Å²) in [6.07, 6.45) is -3.70. The van der Waals surface area contributed by atoms with Gasteiger partial charge in [-0.15, -0.1) is 10.2 Å². The first-order valence-electron chi connectivity index (χ1n) is 9.30. The molecule has 0 aromatic carbocycles. The summed E-state index contributed by atoms with van der Waals surface area (Å²) < 4.78 is 55.1. The van der Waals surface area contributed by atoms with Crippen LogP contribution >= 0.6 is 0 Å². The molecule has 1 N–H and O–H groups in total. The summed E-state index contributed by atoms with van der Waals surface area (Å²) >= 11 is 0. The van der Waals surface area contributed by atoms with E-state index in [1.165, 1.54) is 19.9 Å². The van der Waals surface area contributed by atoms with E-state index in [4.69, 9.17) is 0 Å². The lowest BCUT2D eigenvalue weighted by molar-refractivity contribution is -0.148. The first kappa shape index (κ1) is 24.2. The van der Waals surface area contributed by atoms with Gasteiger partial charge in [-0.05, 0) is 51.5 Å². The molecule has 0 saturated heterocycles. The lowest BCUT2D eigenvalue weighted by Crippen LogP contribution is -2.34. The highest BCUT2D eigenvalue weighted by atomic mass is 19.3. The minimum absolute atomic E-state index is 0.0416. The number of halogens is 4. The van der Waals surface area contributed by atoms with E-state index < -0.39 is 30.9 Å². The number of pyridine rings is 1. The third kappa shape index (κ3) is 6.69. The topological polar surface area (TPSA) is 94.1 Å². The Hall–Kier alpha value is -3.11. The van der Waals surface area contributed by atoms with Crippen molar-refractivity contribution in [3.8, 4) is 5.88 Å². The Labute approximate surface area is 176 Å². The standard InChI is InChI=1S/C20H22F4N4O3/c1-10-5-16(27-28-18(10)31-9-20(23,24)19(21)22)17(30)26-13(4)14-6-11(2)25-15(8-14)7-12(3)29/h5-6,8,13,19H,7,9H2,1-4H3,(H,26,30). The van der Waals surface area contributed by atoms with Gasteiger partial charge >= 0.3 is 12.3 Å².